The van der Waals surface area contributed by atoms with Crippen LogP contribution < -0.4 is 0 Å². The number of ether oxygens (including phenoxy) is 6. The maximum absolute atomic E-state index is 13.4. The third kappa shape index (κ3) is 8.54. The van der Waals surface area contributed by atoms with Crippen molar-refractivity contribution in [3.63, 3.8) is 0 Å². The molecule has 0 spiro atoms. The van der Waals surface area contributed by atoms with Crippen molar-refractivity contribution >= 4 is 5.97 Å². The summed E-state index contributed by atoms with van der Waals surface area (Å²) in [4.78, 5) is 13.4. The highest BCUT2D eigenvalue weighted by Crippen LogP contribution is 2.64. The first-order valence-corrected chi connectivity index (χ1v) is 20.3. The molecule has 2 saturated carbocycles. The molecule has 320 valence electrons. The summed E-state index contributed by atoms with van der Waals surface area (Å²) >= 11 is 0. The van der Waals surface area contributed by atoms with Gasteiger partial charge in [0, 0.05) is 5.57 Å². The second kappa shape index (κ2) is 16.1. The topological polar surface area (TPSA) is 238 Å². The highest BCUT2D eigenvalue weighted by molar-refractivity contribution is 5.87. The first-order valence-electron chi connectivity index (χ1n) is 20.3. The Morgan fingerprint density at radius 1 is 0.875 bits per heavy atom. The number of allylic oxidation sites excluding steroid dienone is 1. The molecule has 0 aromatic heterocycles. The van der Waals surface area contributed by atoms with Gasteiger partial charge in [-0.3, -0.25) is 0 Å². The summed E-state index contributed by atoms with van der Waals surface area (Å²) in [5, 5.41) is 87.9. The molecule has 3 saturated heterocycles. The molecule has 15 nitrogen and oxygen atoms in total. The standard InChI is InChI=1S/C41H66O15/c1-21-10-8-13-38(4,49)14-9-15-41(7)33(56-41)22(43)18-26-39(5)16-12-27(37(2,3)25(39)11-17-40(26,6)50)54-35-31(47)32(24(20-51-35)52-34(21)48)55-36-30(46)29(45)28(44)23(19-42)53-36/h9-10,14,22-33,35-36,42-47,49-50H,8,11-13,15-20H2,1-7H3/b14-9-,21-10-/t22?,23-,24+,25?,26-,27+,28-,29+,30-,31-,32+,33?,35+,36+,38?,39+,40+,41?/m1/s1. The van der Waals surface area contributed by atoms with Crippen LogP contribution in [-0.2, 0) is 33.2 Å². The molecule has 5 fully saturated rings. The number of aliphatic hydroxyl groups is 8. The van der Waals surface area contributed by atoms with Gasteiger partial charge in [0.25, 0.3) is 0 Å². The van der Waals surface area contributed by atoms with E-state index in [9.17, 15) is 45.6 Å². The van der Waals surface area contributed by atoms with Crippen LogP contribution in [0.4, 0.5) is 0 Å². The minimum Gasteiger partial charge on any atom is -0.454 e. The van der Waals surface area contributed by atoms with Crippen LogP contribution in [0.3, 0.4) is 0 Å². The van der Waals surface area contributed by atoms with Gasteiger partial charge < -0.3 is 69.3 Å². The molecule has 6 aliphatic heterocycles. The molecule has 6 heterocycles. The number of hydrogen-bond donors (Lipinski definition) is 8. The number of carbonyl (C=O) groups excluding carboxylic acids is 1. The molecule has 0 aromatic carbocycles. The lowest BCUT2D eigenvalue weighted by atomic mass is 9.44. The van der Waals surface area contributed by atoms with Gasteiger partial charge in [0.05, 0.1) is 42.2 Å². The van der Waals surface area contributed by atoms with Gasteiger partial charge in [0.2, 0.25) is 0 Å². The molecule has 2 aliphatic carbocycles. The normalized spacial score (nSPS) is 53.2. The predicted molar refractivity (Wildman–Crippen MR) is 198 cm³/mol. The molecule has 8 rings (SSSR count). The minimum absolute atomic E-state index is 0.0405. The zero-order valence-corrected chi connectivity index (χ0v) is 33.8. The van der Waals surface area contributed by atoms with Crippen LogP contribution in [0.1, 0.15) is 99.8 Å². The summed E-state index contributed by atoms with van der Waals surface area (Å²) < 4.78 is 36.3. The van der Waals surface area contributed by atoms with Crippen molar-refractivity contribution in [2.45, 2.75) is 190 Å². The number of aliphatic hydroxyl groups excluding tert-OH is 6. The summed E-state index contributed by atoms with van der Waals surface area (Å²) in [6.07, 6.45) is -6.32. The lowest BCUT2D eigenvalue weighted by Crippen LogP contribution is -2.64. The van der Waals surface area contributed by atoms with E-state index in [1.54, 1.807) is 26.0 Å². The zero-order valence-electron chi connectivity index (χ0n) is 33.8. The molecule has 0 radical (unpaired) electrons. The van der Waals surface area contributed by atoms with Crippen LogP contribution >= 0.6 is 0 Å². The number of epoxide rings is 1. The summed E-state index contributed by atoms with van der Waals surface area (Å²) in [6, 6.07) is 0. The predicted octanol–water partition coefficient (Wildman–Crippen LogP) is 1.14. The number of carbonyl (C=O) groups is 1. The van der Waals surface area contributed by atoms with Crippen molar-refractivity contribution in [2.24, 2.45) is 22.7 Å². The fourth-order valence-corrected chi connectivity index (χ4v) is 10.7. The van der Waals surface area contributed by atoms with E-state index in [-0.39, 0.29) is 30.4 Å². The van der Waals surface area contributed by atoms with E-state index in [2.05, 4.69) is 20.8 Å². The quantitative estimate of drug-likeness (QED) is 0.0865. The molecular weight excluding hydrogens is 732 g/mol. The van der Waals surface area contributed by atoms with E-state index in [1.165, 1.54) is 0 Å². The Kier molecular flexibility index (Phi) is 12.7. The van der Waals surface area contributed by atoms with Crippen molar-refractivity contribution < 1.29 is 74.1 Å². The number of hydrogen-bond acceptors (Lipinski definition) is 15. The molecule has 6 bridgehead atoms. The highest BCUT2D eigenvalue weighted by Gasteiger charge is 2.63. The lowest BCUT2D eigenvalue weighted by Gasteiger charge is -2.63. The van der Waals surface area contributed by atoms with Crippen molar-refractivity contribution in [1.29, 1.82) is 0 Å². The van der Waals surface area contributed by atoms with Crippen molar-refractivity contribution in [2.75, 3.05) is 13.2 Å². The smallest absolute Gasteiger partial charge is 0.333 e. The van der Waals surface area contributed by atoms with Gasteiger partial charge in [-0.1, -0.05) is 39.0 Å². The Morgan fingerprint density at radius 2 is 1.59 bits per heavy atom. The molecule has 8 N–H and O–H groups in total. The maximum Gasteiger partial charge on any atom is 0.333 e. The lowest BCUT2D eigenvalue weighted by molar-refractivity contribution is -0.357. The van der Waals surface area contributed by atoms with Crippen molar-refractivity contribution in [3.05, 3.63) is 23.8 Å². The van der Waals surface area contributed by atoms with Crippen LogP contribution in [-0.4, -0.2) is 150 Å². The third-order valence-corrected chi connectivity index (χ3v) is 14.2. The molecule has 18 atom stereocenters. The minimum atomic E-state index is -1.78. The maximum atomic E-state index is 13.4. The van der Waals surface area contributed by atoms with E-state index in [1.807, 2.05) is 19.9 Å². The Morgan fingerprint density at radius 3 is 2.29 bits per heavy atom. The molecular formula is C41H66O15. The van der Waals surface area contributed by atoms with Crippen LogP contribution in [0.15, 0.2) is 23.8 Å². The Hall–Kier alpha value is -1.57. The Labute approximate surface area is 329 Å². The zero-order chi connectivity index (χ0) is 41.2. The summed E-state index contributed by atoms with van der Waals surface area (Å²) in [7, 11) is 0. The van der Waals surface area contributed by atoms with Crippen LogP contribution in [0.5, 0.6) is 0 Å². The number of esters is 1. The monoisotopic (exact) mass is 798 g/mol. The average Bonchev–Trinajstić information content (AvgIpc) is 3.79. The number of rotatable bonds is 3. The van der Waals surface area contributed by atoms with E-state index in [4.69, 9.17) is 28.4 Å². The van der Waals surface area contributed by atoms with Crippen molar-refractivity contribution in [1.82, 2.24) is 0 Å². The molecule has 5 unspecified atom stereocenters. The first kappa shape index (κ1) is 44.0. The van der Waals surface area contributed by atoms with E-state index in [0.717, 1.165) is 0 Å². The van der Waals surface area contributed by atoms with E-state index >= 15 is 0 Å². The third-order valence-electron chi connectivity index (χ3n) is 14.2. The molecule has 56 heavy (non-hydrogen) atoms. The SMILES string of the molecule is C/C1=C/CCC(C)(O)/C=C\CC2(C)OC2C(O)C[C@H]2[C@@](C)(O)CCC3C(C)(C)[C@H](CC[C@@]32C)O[C@@H]2OC[C@H](OC1=O)[C@H](O[C@@H]1O[C@H](CO)[C@@H](O)[C@H](O)[C@H]1O)[C@H]2O. The first-order chi connectivity index (χ1) is 26.0. The highest BCUT2D eigenvalue weighted by atomic mass is 16.7. The molecule has 8 aliphatic rings. The van der Waals surface area contributed by atoms with Gasteiger partial charge in [0.15, 0.2) is 18.7 Å². The van der Waals surface area contributed by atoms with Crippen molar-refractivity contribution in [3.8, 4) is 0 Å². The van der Waals surface area contributed by atoms with Crippen LogP contribution in [0.25, 0.3) is 0 Å². The van der Waals surface area contributed by atoms with Crippen LogP contribution in [0, 0.1) is 22.7 Å². The average molecular weight is 799 g/mol. The largest absolute Gasteiger partial charge is 0.454 e. The van der Waals surface area contributed by atoms with Crippen LogP contribution in [0.2, 0.25) is 0 Å². The molecule has 15 heteroatoms. The van der Waals surface area contributed by atoms with Gasteiger partial charge in [-0.15, -0.1) is 0 Å². The van der Waals surface area contributed by atoms with Gasteiger partial charge in [-0.05, 0) is 102 Å². The Balaban J connectivity index is 1.31. The Bertz CT molecular complexity index is 1460. The van der Waals surface area contributed by atoms with E-state index < -0.39 is 114 Å². The van der Waals surface area contributed by atoms with Gasteiger partial charge in [-0.2, -0.15) is 0 Å². The van der Waals surface area contributed by atoms with Gasteiger partial charge >= 0.3 is 5.97 Å². The van der Waals surface area contributed by atoms with Gasteiger partial charge in [-0.25, -0.2) is 4.79 Å². The second-order valence-corrected chi connectivity index (χ2v) is 19.0. The summed E-state index contributed by atoms with van der Waals surface area (Å²) in [5.74, 6) is -0.964. The van der Waals surface area contributed by atoms with Gasteiger partial charge in [0.1, 0.15) is 42.7 Å². The summed E-state index contributed by atoms with van der Waals surface area (Å²) in [5.41, 5.74) is -3.54. The molecule has 0 amide bonds. The second-order valence-electron chi connectivity index (χ2n) is 19.0. The summed E-state index contributed by atoms with van der Waals surface area (Å²) in [6.45, 7) is 12.5. The van der Waals surface area contributed by atoms with E-state index in [0.29, 0.717) is 44.9 Å². The fourth-order valence-electron chi connectivity index (χ4n) is 10.7. The molecule has 0 aromatic rings. The number of fused-ring (bicyclic) bond motifs is 2. The fraction of sp³-hybridized carbons (Fsp3) is 0.878.